The maximum atomic E-state index is 5.49. The van der Waals surface area contributed by atoms with Crippen molar-refractivity contribution < 1.29 is 4.74 Å². The van der Waals surface area contributed by atoms with E-state index >= 15 is 0 Å². The Bertz CT molecular complexity index is 361. The molecule has 100 valence electrons. The Labute approximate surface area is 110 Å². The summed E-state index contributed by atoms with van der Waals surface area (Å²) in [4.78, 5) is 2.43. The number of morpholine rings is 1. The molecule has 1 heterocycles. The highest BCUT2D eigenvalue weighted by molar-refractivity contribution is 5.48. The van der Waals surface area contributed by atoms with Gasteiger partial charge in [0.05, 0.1) is 13.2 Å². The summed E-state index contributed by atoms with van der Waals surface area (Å²) < 4.78 is 5.49. The van der Waals surface area contributed by atoms with E-state index in [0.29, 0.717) is 6.04 Å². The summed E-state index contributed by atoms with van der Waals surface area (Å²) in [6, 6.07) is 9.25. The first-order valence-electron chi connectivity index (χ1n) is 6.92. The number of rotatable bonds is 5. The molecule has 1 fully saturated rings. The second kappa shape index (κ2) is 6.76. The van der Waals surface area contributed by atoms with Crippen molar-refractivity contribution in [2.45, 2.75) is 26.3 Å². The quantitative estimate of drug-likeness (QED) is 0.864. The van der Waals surface area contributed by atoms with Gasteiger partial charge in [0.25, 0.3) is 0 Å². The number of hydrogen-bond donors (Lipinski definition) is 1. The number of nitrogens with one attached hydrogen (secondary N) is 1. The van der Waals surface area contributed by atoms with Crippen LogP contribution in [0.3, 0.4) is 0 Å². The van der Waals surface area contributed by atoms with Gasteiger partial charge in [-0.15, -0.1) is 0 Å². The first-order valence-corrected chi connectivity index (χ1v) is 6.92. The summed E-state index contributed by atoms with van der Waals surface area (Å²) >= 11 is 0. The standard InChI is InChI=1S/C15H24N2O/c1-3-17(15-6-4-5-13(2)11-15)9-7-14-12-18-10-8-16-14/h4-6,11,14,16H,3,7-10,12H2,1-2H3. The molecule has 0 bridgehead atoms. The van der Waals surface area contributed by atoms with E-state index in [1.54, 1.807) is 0 Å². The summed E-state index contributed by atoms with van der Waals surface area (Å²) in [7, 11) is 0. The van der Waals surface area contributed by atoms with Gasteiger partial charge in [-0.3, -0.25) is 0 Å². The van der Waals surface area contributed by atoms with Gasteiger partial charge in [0.2, 0.25) is 0 Å². The molecule has 0 saturated carbocycles. The van der Waals surface area contributed by atoms with Crippen molar-refractivity contribution in [1.82, 2.24) is 5.32 Å². The van der Waals surface area contributed by atoms with Gasteiger partial charge in [-0.05, 0) is 38.0 Å². The monoisotopic (exact) mass is 248 g/mol. The van der Waals surface area contributed by atoms with Gasteiger partial charge < -0.3 is 15.0 Å². The van der Waals surface area contributed by atoms with Crippen LogP contribution in [0.15, 0.2) is 24.3 Å². The van der Waals surface area contributed by atoms with Crippen LogP contribution in [0.2, 0.25) is 0 Å². The number of benzene rings is 1. The fraction of sp³-hybridized carbons (Fsp3) is 0.600. The molecule has 1 saturated heterocycles. The third-order valence-electron chi connectivity index (χ3n) is 3.49. The molecule has 3 heteroatoms. The molecule has 3 nitrogen and oxygen atoms in total. The zero-order chi connectivity index (χ0) is 12.8. The molecule has 1 aromatic carbocycles. The largest absolute Gasteiger partial charge is 0.379 e. The van der Waals surface area contributed by atoms with E-state index in [0.717, 1.165) is 39.3 Å². The van der Waals surface area contributed by atoms with Crippen LogP contribution >= 0.6 is 0 Å². The van der Waals surface area contributed by atoms with Crippen LogP contribution in [0.5, 0.6) is 0 Å². The first kappa shape index (κ1) is 13.4. The molecule has 2 rings (SSSR count). The predicted octanol–water partition coefficient (Wildman–Crippen LogP) is 2.20. The number of anilines is 1. The van der Waals surface area contributed by atoms with E-state index in [2.05, 4.69) is 48.3 Å². The van der Waals surface area contributed by atoms with Crippen LogP contribution < -0.4 is 10.2 Å². The molecule has 18 heavy (non-hydrogen) atoms. The Morgan fingerprint density at radius 1 is 1.44 bits per heavy atom. The van der Waals surface area contributed by atoms with E-state index in [4.69, 9.17) is 4.74 Å². The predicted molar refractivity (Wildman–Crippen MR) is 76.3 cm³/mol. The fourth-order valence-corrected chi connectivity index (χ4v) is 2.41. The SMILES string of the molecule is CCN(CCC1COCCN1)c1cccc(C)c1. The van der Waals surface area contributed by atoms with Crippen molar-refractivity contribution in [3.63, 3.8) is 0 Å². The smallest absolute Gasteiger partial charge is 0.0620 e. The van der Waals surface area contributed by atoms with E-state index < -0.39 is 0 Å². The summed E-state index contributed by atoms with van der Waals surface area (Å²) in [5.41, 5.74) is 2.65. The molecule has 0 aromatic heterocycles. The molecule has 1 aliphatic heterocycles. The summed E-state index contributed by atoms with van der Waals surface area (Å²) in [5.74, 6) is 0. The lowest BCUT2D eigenvalue weighted by atomic mass is 10.1. The molecular weight excluding hydrogens is 224 g/mol. The van der Waals surface area contributed by atoms with Crippen molar-refractivity contribution in [2.24, 2.45) is 0 Å². The van der Waals surface area contributed by atoms with Crippen LogP contribution in [0.4, 0.5) is 5.69 Å². The average molecular weight is 248 g/mol. The fourth-order valence-electron chi connectivity index (χ4n) is 2.41. The average Bonchev–Trinajstić information content (AvgIpc) is 2.41. The molecule has 0 amide bonds. The van der Waals surface area contributed by atoms with Gasteiger partial charge in [0.15, 0.2) is 0 Å². The number of nitrogens with zero attached hydrogens (tertiary/aromatic N) is 1. The van der Waals surface area contributed by atoms with Gasteiger partial charge in [0.1, 0.15) is 0 Å². The maximum Gasteiger partial charge on any atom is 0.0620 e. The highest BCUT2D eigenvalue weighted by Crippen LogP contribution is 2.16. The Kier molecular flexibility index (Phi) is 5.02. The van der Waals surface area contributed by atoms with Crippen molar-refractivity contribution >= 4 is 5.69 Å². The van der Waals surface area contributed by atoms with Crippen molar-refractivity contribution in [3.05, 3.63) is 29.8 Å². The zero-order valence-electron chi connectivity index (χ0n) is 11.5. The molecule has 1 unspecified atom stereocenters. The van der Waals surface area contributed by atoms with Gasteiger partial charge >= 0.3 is 0 Å². The molecule has 0 radical (unpaired) electrons. The zero-order valence-corrected chi connectivity index (χ0v) is 11.5. The normalized spacial score (nSPS) is 19.8. The van der Waals surface area contributed by atoms with Gasteiger partial charge in [-0.25, -0.2) is 0 Å². The summed E-state index contributed by atoms with van der Waals surface area (Å²) in [5, 5.41) is 3.51. The summed E-state index contributed by atoms with van der Waals surface area (Å²) in [6.07, 6.45) is 1.14. The lowest BCUT2D eigenvalue weighted by Gasteiger charge is -2.28. The van der Waals surface area contributed by atoms with E-state index in [1.807, 2.05) is 0 Å². The van der Waals surface area contributed by atoms with Gasteiger partial charge in [-0.1, -0.05) is 12.1 Å². The minimum Gasteiger partial charge on any atom is -0.379 e. The molecule has 0 spiro atoms. The maximum absolute atomic E-state index is 5.49. The molecule has 0 aliphatic carbocycles. The lowest BCUT2D eigenvalue weighted by molar-refractivity contribution is 0.0748. The molecular formula is C15H24N2O. The Hall–Kier alpha value is -1.06. The molecule has 1 N–H and O–H groups in total. The van der Waals surface area contributed by atoms with Crippen LogP contribution in [-0.4, -0.2) is 38.9 Å². The Morgan fingerprint density at radius 3 is 3.00 bits per heavy atom. The second-order valence-corrected chi connectivity index (χ2v) is 4.93. The third-order valence-corrected chi connectivity index (χ3v) is 3.49. The van der Waals surface area contributed by atoms with E-state index in [9.17, 15) is 0 Å². The molecule has 1 atom stereocenters. The highest BCUT2D eigenvalue weighted by Gasteiger charge is 2.14. The van der Waals surface area contributed by atoms with Gasteiger partial charge in [-0.2, -0.15) is 0 Å². The van der Waals surface area contributed by atoms with Crippen molar-refractivity contribution in [1.29, 1.82) is 0 Å². The van der Waals surface area contributed by atoms with Crippen LogP contribution in [0, 0.1) is 6.92 Å². The van der Waals surface area contributed by atoms with Crippen molar-refractivity contribution in [2.75, 3.05) is 37.7 Å². The molecule has 1 aliphatic rings. The topological polar surface area (TPSA) is 24.5 Å². The number of aryl methyl sites for hydroxylation is 1. The second-order valence-electron chi connectivity index (χ2n) is 4.93. The highest BCUT2D eigenvalue weighted by atomic mass is 16.5. The van der Waals surface area contributed by atoms with Crippen LogP contribution in [0.1, 0.15) is 18.9 Å². The Morgan fingerprint density at radius 2 is 2.33 bits per heavy atom. The first-order chi connectivity index (χ1) is 8.79. The van der Waals surface area contributed by atoms with Gasteiger partial charge in [0, 0.05) is 31.4 Å². The molecule has 1 aromatic rings. The minimum atomic E-state index is 0.512. The van der Waals surface area contributed by atoms with E-state index in [1.165, 1.54) is 11.3 Å². The van der Waals surface area contributed by atoms with Crippen molar-refractivity contribution in [3.8, 4) is 0 Å². The number of hydrogen-bond acceptors (Lipinski definition) is 3. The minimum absolute atomic E-state index is 0.512. The van der Waals surface area contributed by atoms with Crippen LogP contribution in [0.25, 0.3) is 0 Å². The summed E-state index contributed by atoms with van der Waals surface area (Å²) in [6.45, 7) is 9.19. The van der Waals surface area contributed by atoms with E-state index in [-0.39, 0.29) is 0 Å². The van der Waals surface area contributed by atoms with Crippen LogP contribution in [-0.2, 0) is 4.74 Å². The Balaban J connectivity index is 1.88. The third kappa shape index (κ3) is 3.72. The lowest BCUT2D eigenvalue weighted by Crippen LogP contribution is -2.43. The number of ether oxygens (including phenoxy) is 1.